The standard InChI is InChI=1S/C14H16N6/c1-20-9-18-19-13(20)14(5-10(6-14)2-3-15)11-4-12(16)8-17-7-11/h4,7-10H,2,5-6,16H2,1H3. The lowest BCUT2D eigenvalue weighted by atomic mass is 9.57. The van der Waals surface area contributed by atoms with Gasteiger partial charge >= 0.3 is 0 Å². The predicted octanol–water partition coefficient (Wildman–Crippen LogP) is 1.40. The van der Waals surface area contributed by atoms with E-state index in [9.17, 15) is 0 Å². The predicted molar refractivity (Wildman–Crippen MR) is 73.4 cm³/mol. The van der Waals surface area contributed by atoms with Crippen molar-refractivity contribution in [2.45, 2.75) is 24.7 Å². The number of aryl methyl sites for hydroxylation is 1. The molecule has 0 bridgehead atoms. The molecule has 20 heavy (non-hydrogen) atoms. The first kappa shape index (κ1) is 12.6. The summed E-state index contributed by atoms with van der Waals surface area (Å²) in [6.07, 6.45) is 7.53. The van der Waals surface area contributed by atoms with Crippen molar-refractivity contribution in [3.05, 3.63) is 36.2 Å². The Labute approximate surface area is 117 Å². The minimum absolute atomic E-state index is 0.213. The van der Waals surface area contributed by atoms with Gasteiger partial charge in [0.05, 0.1) is 17.2 Å². The first-order valence-corrected chi connectivity index (χ1v) is 6.58. The van der Waals surface area contributed by atoms with Gasteiger partial charge in [-0.1, -0.05) is 0 Å². The van der Waals surface area contributed by atoms with Crippen molar-refractivity contribution in [2.24, 2.45) is 13.0 Å². The van der Waals surface area contributed by atoms with E-state index in [-0.39, 0.29) is 5.41 Å². The van der Waals surface area contributed by atoms with E-state index in [2.05, 4.69) is 21.3 Å². The number of hydrogen-bond acceptors (Lipinski definition) is 5. The Morgan fingerprint density at radius 3 is 2.90 bits per heavy atom. The monoisotopic (exact) mass is 268 g/mol. The first-order valence-electron chi connectivity index (χ1n) is 6.58. The van der Waals surface area contributed by atoms with Crippen LogP contribution in [0, 0.1) is 17.2 Å². The fourth-order valence-electron chi connectivity index (χ4n) is 3.18. The van der Waals surface area contributed by atoms with Gasteiger partial charge in [0.1, 0.15) is 12.2 Å². The molecule has 2 aromatic rings. The van der Waals surface area contributed by atoms with Crippen LogP contribution in [0.1, 0.15) is 30.7 Å². The quantitative estimate of drug-likeness (QED) is 0.908. The van der Waals surface area contributed by atoms with Crippen molar-refractivity contribution < 1.29 is 0 Å². The Hall–Kier alpha value is -2.42. The average molecular weight is 268 g/mol. The van der Waals surface area contributed by atoms with Crippen molar-refractivity contribution in [3.63, 3.8) is 0 Å². The van der Waals surface area contributed by atoms with Crippen LogP contribution in [0.2, 0.25) is 0 Å². The second-order valence-corrected chi connectivity index (χ2v) is 5.49. The Morgan fingerprint density at radius 2 is 2.30 bits per heavy atom. The van der Waals surface area contributed by atoms with Crippen LogP contribution in [0.3, 0.4) is 0 Å². The fraction of sp³-hybridized carbons (Fsp3) is 0.429. The fourth-order valence-corrected chi connectivity index (χ4v) is 3.18. The van der Waals surface area contributed by atoms with Crippen LogP contribution in [-0.2, 0) is 12.5 Å². The molecule has 6 heteroatoms. The zero-order valence-corrected chi connectivity index (χ0v) is 11.3. The molecule has 102 valence electrons. The molecule has 0 unspecified atom stereocenters. The van der Waals surface area contributed by atoms with Gasteiger partial charge in [0, 0.05) is 25.9 Å². The number of nitriles is 1. The molecule has 0 spiro atoms. The van der Waals surface area contributed by atoms with Crippen LogP contribution >= 0.6 is 0 Å². The second-order valence-electron chi connectivity index (χ2n) is 5.49. The summed E-state index contributed by atoms with van der Waals surface area (Å²) >= 11 is 0. The van der Waals surface area contributed by atoms with Gasteiger partial charge < -0.3 is 10.3 Å². The molecule has 1 aliphatic rings. The van der Waals surface area contributed by atoms with Crippen molar-refractivity contribution in [2.75, 3.05) is 5.73 Å². The van der Waals surface area contributed by atoms with Crippen molar-refractivity contribution in [1.82, 2.24) is 19.7 Å². The third kappa shape index (κ3) is 1.83. The maximum atomic E-state index is 8.86. The highest BCUT2D eigenvalue weighted by atomic mass is 15.3. The molecule has 2 aromatic heterocycles. The summed E-state index contributed by atoms with van der Waals surface area (Å²) in [5.41, 5.74) is 7.35. The topological polar surface area (TPSA) is 93.4 Å². The molecular formula is C14H16N6. The number of nitrogens with two attached hydrogens (primary N) is 1. The molecule has 0 atom stereocenters. The molecule has 6 nitrogen and oxygen atoms in total. The van der Waals surface area contributed by atoms with E-state index in [1.165, 1.54) is 0 Å². The van der Waals surface area contributed by atoms with Gasteiger partial charge in [-0.05, 0) is 30.4 Å². The third-order valence-electron chi connectivity index (χ3n) is 4.11. The van der Waals surface area contributed by atoms with Gasteiger partial charge in [0.15, 0.2) is 0 Å². The lowest BCUT2D eigenvalue weighted by Crippen LogP contribution is -2.44. The summed E-state index contributed by atoms with van der Waals surface area (Å²) in [7, 11) is 1.94. The number of hydrogen-bond donors (Lipinski definition) is 1. The summed E-state index contributed by atoms with van der Waals surface area (Å²) in [6, 6.07) is 4.20. The van der Waals surface area contributed by atoms with Crippen LogP contribution in [0.4, 0.5) is 5.69 Å². The van der Waals surface area contributed by atoms with E-state index < -0.39 is 0 Å². The minimum atomic E-state index is -0.213. The van der Waals surface area contributed by atoms with Crippen LogP contribution in [0.25, 0.3) is 0 Å². The molecule has 0 saturated heterocycles. The van der Waals surface area contributed by atoms with Gasteiger partial charge in [-0.3, -0.25) is 4.98 Å². The number of rotatable bonds is 3. The average Bonchev–Trinajstić information content (AvgIpc) is 2.80. The van der Waals surface area contributed by atoms with E-state index in [0.29, 0.717) is 18.0 Å². The summed E-state index contributed by atoms with van der Waals surface area (Å²) in [6.45, 7) is 0. The lowest BCUT2D eigenvalue weighted by Gasteiger charge is -2.46. The summed E-state index contributed by atoms with van der Waals surface area (Å²) < 4.78 is 1.94. The molecule has 0 radical (unpaired) electrons. The van der Waals surface area contributed by atoms with Gasteiger partial charge in [-0.2, -0.15) is 5.26 Å². The second kappa shape index (κ2) is 4.60. The Morgan fingerprint density at radius 1 is 1.50 bits per heavy atom. The molecule has 1 aliphatic carbocycles. The van der Waals surface area contributed by atoms with Crippen LogP contribution in [0.15, 0.2) is 24.8 Å². The normalized spacial score (nSPS) is 24.9. The highest BCUT2D eigenvalue weighted by Crippen LogP contribution is 2.52. The zero-order chi connectivity index (χ0) is 14.2. The lowest BCUT2D eigenvalue weighted by molar-refractivity contribution is 0.171. The van der Waals surface area contributed by atoms with E-state index in [4.69, 9.17) is 11.0 Å². The van der Waals surface area contributed by atoms with E-state index in [1.54, 1.807) is 12.5 Å². The molecule has 3 rings (SSSR count). The van der Waals surface area contributed by atoms with Crippen LogP contribution in [0.5, 0.6) is 0 Å². The zero-order valence-electron chi connectivity index (χ0n) is 11.3. The number of aromatic nitrogens is 4. The summed E-state index contributed by atoms with van der Waals surface area (Å²) in [4.78, 5) is 4.20. The van der Waals surface area contributed by atoms with E-state index in [1.807, 2.05) is 23.9 Å². The van der Waals surface area contributed by atoms with Crippen LogP contribution < -0.4 is 5.73 Å². The largest absolute Gasteiger partial charge is 0.397 e. The summed E-state index contributed by atoms with van der Waals surface area (Å²) in [5.74, 6) is 1.32. The molecule has 1 fully saturated rings. The molecule has 2 N–H and O–H groups in total. The van der Waals surface area contributed by atoms with Gasteiger partial charge in [0.2, 0.25) is 0 Å². The highest BCUT2D eigenvalue weighted by molar-refractivity contribution is 5.44. The maximum Gasteiger partial charge on any atom is 0.143 e. The highest BCUT2D eigenvalue weighted by Gasteiger charge is 2.49. The van der Waals surface area contributed by atoms with Gasteiger partial charge in [0.25, 0.3) is 0 Å². The number of nitrogens with zero attached hydrogens (tertiary/aromatic N) is 5. The minimum Gasteiger partial charge on any atom is -0.397 e. The SMILES string of the molecule is Cn1cnnc1C1(c2cncc(N)c2)CC(CC#N)C1. The maximum absolute atomic E-state index is 8.86. The number of pyridine rings is 1. The smallest absolute Gasteiger partial charge is 0.143 e. The Balaban J connectivity index is 2.03. The van der Waals surface area contributed by atoms with E-state index in [0.717, 1.165) is 24.2 Å². The summed E-state index contributed by atoms with van der Waals surface area (Å²) in [5, 5.41) is 17.1. The third-order valence-corrected chi connectivity index (χ3v) is 4.11. The molecular weight excluding hydrogens is 252 g/mol. The van der Waals surface area contributed by atoms with Crippen LogP contribution in [-0.4, -0.2) is 19.7 Å². The van der Waals surface area contributed by atoms with Crippen molar-refractivity contribution in [3.8, 4) is 6.07 Å². The molecule has 0 aromatic carbocycles. The molecule has 1 saturated carbocycles. The van der Waals surface area contributed by atoms with Crippen molar-refractivity contribution >= 4 is 5.69 Å². The Bertz CT molecular complexity index is 662. The van der Waals surface area contributed by atoms with Gasteiger partial charge in [-0.25, -0.2) is 0 Å². The first-order chi connectivity index (χ1) is 9.65. The molecule has 0 aliphatic heterocycles. The van der Waals surface area contributed by atoms with Gasteiger partial charge in [-0.15, -0.1) is 10.2 Å². The molecule has 0 amide bonds. The number of nitrogen functional groups attached to an aromatic ring is 1. The number of anilines is 1. The molecule has 2 heterocycles. The van der Waals surface area contributed by atoms with E-state index >= 15 is 0 Å². The van der Waals surface area contributed by atoms with Crippen molar-refractivity contribution in [1.29, 1.82) is 5.26 Å². The Kier molecular flexibility index (Phi) is 2.90.